The molecule has 0 aliphatic rings. The average Bonchev–Trinajstić information content (AvgIpc) is 2.19. The maximum Gasteiger partial charge on any atom is 0.417 e. The molecule has 3 nitrogen and oxygen atoms in total. The van der Waals surface area contributed by atoms with Gasteiger partial charge in [-0.25, -0.2) is 4.98 Å². The van der Waals surface area contributed by atoms with Crippen molar-refractivity contribution in [2.45, 2.75) is 12.6 Å². The minimum atomic E-state index is -4.45. The monoisotopic (exact) mass is 254 g/mol. The van der Waals surface area contributed by atoms with Gasteiger partial charge in [0.1, 0.15) is 5.02 Å². The standard InChI is InChI=1S/C9H10ClF3N2O/c10-7-4-6(9(11,12)13)5-15-8(7)16-3-1-2-14/h4-5H,1-3,14H2. The Kier molecular flexibility index (Phi) is 4.37. The van der Waals surface area contributed by atoms with E-state index in [1.54, 1.807) is 0 Å². The van der Waals surface area contributed by atoms with E-state index in [4.69, 9.17) is 22.1 Å². The lowest BCUT2D eigenvalue weighted by Gasteiger charge is -2.09. The molecule has 0 atom stereocenters. The number of pyridine rings is 1. The van der Waals surface area contributed by atoms with Gasteiger partial charge in [0.25, 0.3) is 0 Å². The predicted octanol–water partition coefficient (Wildman–Crippen LogP) is 2.48. The topological polar surface area (TPSA) is 48.1 Å². The first-order chi connectivity index (χ1) is 7.45. The van der Waals surface area contributed by atoms with Gasteiger partial charge < -0.3 is 10.5 Å². The van der Waals surface area contributed by atoms with Crippen LogP contribution in [0.1, 0.15) is 12.0 Å². The molecule has 0 fully saturated rings. The van der Waals surface area contributed by atoms with Crippen LogP contribution in [0.25, 0.3) is 0 Å². The van der Waals surface area contributed by atoms with E-state index >= 15 is 0 Å². The lowest BCUT2D eigenvalue weighted by molar-refractivity contribution is -0.137. The third-order valence-corrected chi connectivity index (χ3v) is 1.99. The highest BCUT2D eigenvalue weighted by molar-refractivity contribution is 6.31. The Hall–Kier alpha value is -1.01. The zero-order valence-electron chi connectivity index (χ0n) is 8.22. The van der Waals surface area contributed by atoms with Crippen molar-refractivity contribution in [2.24, 2.45) is 5.73 Å². The summed E-state index contributed by atoms with van der Waals surface area (Å²) in [6.07, 6.45) is -3.19. The molecule has 0 bridgehead atoms. The lowest BCUT2D eigenvalue weighted by Crippen LogP contribution is -2.09. The number of alkyl halides is 3. The number of nitrogens with two attached hydrogens (primary N) is 1. The fourth-order valence-corrected chi connectivity index (χ4v) is 1.16. The molecule has 1 heterocycles. The van der Waals surface area contributed by atoms with Crippen LogP contribution in [-0.4, -0.2) is 18.1 Å². The summed E-state index contributed by atoms with van der Waals surface area (Å²) < 4.78 is 41.8. The smallest absolute Gasteiger partial charge is 0.417 e. The number of nitrogens with zero attached hydrogens (tertiary/aromatic N) is 1. The van der Waals surface area contributed by atoms with Crippen LogP contribution in [0, 0.1) is 0 Å². The van der Waals surface area contributed by atoms with Crippen LogP contribution >= 0.6 is 11.6 Å². The maximum atomic E-state index is 12.3. The molecule has 1 rings (SSSR count). The van der Waals surface area contributed by atoms with E-state index in [-0.39, 0.29) is 17.5 Å². The van der Waals surface area contributed by atoms with E-state index in [9.17, 15) is 13.2 Å². The quantitative estimate of drug-likeness (QED) is 0.840. The molecular formula is C9H10ClF3N2O. The van der Waals surface area contributed by atoms with E-state index in [0.29, 0.717) is 19.2 Å². The van der Waals surface area contributed by atoms with E-state index in [2.05, 4.69) is 4.98 Å². The van der Waals surface area contributed by atoms with Crippen LogP contribution in [0.2, 0.25) is 5.02 Å². The second-order valence-corrected chi connectivity index (χ2v) is 3.41. The first-order valence-corrected chi connectivity index (χ1v) is 4.88. The summed E-state index contributed by atoms with van der Waals surface area (Å²) >= 11 is 5.60. The molecule has 0 radical (unpaired) electrons. The van der Waals surface area contributed by atoms with E-state index < -0.39 is 11.7 Å². The van der Waals surface area contributed by atoms with Crippen molar-refractivity contribution in [3.05, 3.63) is 22.8 Å². The molecule has 0 saturated carbocycles. The molecule has 0 amide bonds. The van der Waals surface area contributed by atoms with Crippen LogP contribution in [0.4, 0.5) is 13.2 Å². The lowest BCUT2D eigenvalue weighted by atomic mass is 10.3. The molecule has 1 aromatic rings. The van der Waals surface area contributed by atoms with Crippen molar-refractivity contribution in [1.29, 1.82) is 0 Å². The van der Waals surface area contributed by atoms with Crippen LogP contribution in [0.5, 0.6) is 5.88 Å². The molecule has 7 heteroatoms. The summed E-state index contributed by atoms with van der Waals surface area (Å²) in [7, 11) is 0. The molecular weight excluding hydrogens is 245 g/mol. The Bertz CT molecular complexity index is 357. The second-order valence-electron chi connectivity index (χ2n) is 3.00. The normalized spacial score (nSPS) is 11.6. The highest BCUT2D eigenvalue weighted by Crippen LogP contribution is 2.32. The molecule has 0 aromatic carbocycles. The van der Waals surface area contributed by atoms with Crippen molar-refractivity contribution in [1.82, 2.24) is 4.98 Å². The Morgan fingerprint density at radius 2 is 2.12 bits per heavy atom. The summed E-state index contributed by atoms with van der Waals surface area (Å²) in [5.74, 6) is -0.0110. The molecule has 0 aliphatic carbocycles. The number of hydrogen-bond donors (Lipinski definition) is 1. The molecule has 90 valence electrons. The zero-order valence-corrected chi connectivity index (χ0v) is 8.98. The van der Waals surface area contributed by atoms with Gasteiger partial charge in [-0.1, -0.05) is 11.6 Å². The van der Waals surface area contributed by atoms with Crippen molar-refractivity contribution < 1.29 is 17.9 Å². The maximum absolute atomic E-state index is 12.3. The molecule has 1 aromatic heterocycles. The SMILES string of the molecule is NCCCOc1ncc(C(F)(F)F)cc1Cl. The van der Waals surface area contributed by atoms with Crippen LogP contribution in [0.3, 0.4) is 0 Å². The zero-order chi connectivity index (χ0) is 12.2. The van der Waals surface area contributed by atoms with Gasteiger partial charge in [-0.2, -0.15) is 13.2 Å². The first kappa shape index (κ1) is 13.1. The highest BCUT2D eigenvalue weighted by Gasteiger charge is 2.31. The van der Waals surface area contributed by atoms with Crippen molar-refractivity contribution >= 4 is 11.6 Å². The minimum absolute atomic E-state index is 0.0110. The van der Waals surface area contributed by atoms with Crippen LogP contribution in [-0.2, 0) is 6.18 Å². The van der Waals surface area contributed by atoms with Crippen molar-refractivity contribution in [3.8, 4) is 5.88 Å². The third-order valence-electron chi connectivity index (χ3n) is 1.72. The van der Waals surface area contributed by atoms with Crippen LogP contribution in [0.15, 0.2) is 12.3 Å². The van der Waals surface area contributed by atoms with Gasteiger partial charge in [0, 0.05) is 6.20 Å². The fourth-order valence-electron chi connectivity index (χ4n) is 0.939. The first-order valence-electron chi connectivity index (χ1n) is 4.50. The third kappa shape index (κ3) is 3.53. The predicted molar refractivity (Wildman–Crippen MR) is 53.4 cm³/mol. The van der Waals surface area contributed by atoms with Gasteiger partial charge in [-0.05, 0) is 19.0 Å². The van der Waals surface area contributed by atoms with Crippen LogP contribution < -0.4 is 10.5 Å². The van der Waals surface area contributed by atoms with Gasteiger partial charge in [0.05, 0.1) is 12.2 Å². The Labute approximate surface area is 95.4 Å². The average molecular weight is 255 g/mol. The number of aromatic nitrogens is 1. The number of hydrogen-bond acceptors (Lipinski definition) is 3. The summed E-state index contributed by atoms with van der Waals surface area (Å²) in [4.78, 5) is 3.50. The Morgan fingerprint density at radius 1 is 1.44 bits per heavy atom. The van der Waals surface area contributed by atoms with Gasteiger partial charge in [0.15, 0.2) is 0 Å². The van der Waals surface area contributed by atoms with E-state index in [1.165, 1.54) is 0 Å². The number of ether oxygens (including phenoxy) is 1. The summed E-state index contributed by atoms with van der Waals surface area (Å²) in [6.45, 7) is 0.701. The number of halogens is 4. The van der Waals surface area contributed by atoms with Gasteiger partial charge in [-0.3, -0.25) is 0 Å². The molecule has 16 heavy (non-hydrogen) atoms. The molecule has 0 spiro atoms. The Balaban J connectivity index is 2.76. The van der Waals surface area contributed by atoms with E-state index in [1.807, 2.05) is 0 Å². The fraction of sp³-hybridized carbons (Fsp3) is 0.444. The van der Waals surface area contributed by atoms with Gasteiger partial charge >= 0.3 is 6.18 Å². The molecule has 0 aliphatic heterocycles. The van der Waals surface area contributed by atoms with Crippen molar-refractivity contribution in [2.75, 3.05) is 13.2 Å². The largest absolute Gasteiger partial charge is 0.477 e. The van der Waals surface area contributed by atoms with Gasteiger partial charge in [0.2, 0.25) is 5.88 Å². The highest BCUT2D eigenvalue weighted by atomic mass is 35.5. The minimum Gasteiger partial charge on any atom is -0.477 e. The molecule has 0 saturated heterocycles. The molecule has 0 unspecified atom stereocenters. The number of rotatable bonds is 4. The summed E-state index contributed by atoms with van der Waals surface area (Å²) in [5.41, 5.74) is 4.33. The van der Waals surface area contributed by atoms with E-state index in [0.717, 1.165) is 6.07 Å². The summed E-state index contributed by atoms with van der Waals surface area (Å²) in [6, 6.07) is 0.784. The second kappa shape index (κ2) is 5.36. The summed E-state index contributed by atoms with van der Waals surface area (Å²) in [5, 5.41) is -0.160. The van der Waals surface area contributed by atoms with Gasteiger partial charge in [-0.15, -0.1) is 0 Å². The van der Waals surface area contributed by atoms with Crippen molar-refractivity contribution in [3.63, 3.8) is 0 Å². The Morgan fingerprint density at radius 3 is 2.62 bits per heavy atom. The molecule has 2 N–H and O–H groups in total.